The molecule has 0 aliphatic carbocycles. The van der Waals surface area contributed by atoms with Crippen LogP contribution in [0.4, 0.5) is 0 Å². The van der Waals surface area contributed by atoms with Gasteiger partial charge in [-0.2, -0.15) is 0 Å². The number of hydrogen-bond acceptors (Lipinski definition) is 7. The van der Waals surface area contributed by atoms with Gasteiger partial charge in [-0.3, -0.25) is 9.59 Å². The number of carbonyl (C=O) groups is 3. The molecular weight excluding hydrogens is 488 g/mol. The molecule has 0 spiro atoms. The molecule has 3 aromatic rings. The van der Waals surface area contributed by atoms with Crippen LogP contribution in [0.3, 0.4) is 0 Å². The molecule has 1 heterocycles. The smallest absolute Gasteiger partial charge is 0.338 e. The van der Waals surface area contributed by atoms with E-state index in [4.69, 9.17) is 18.9 Å². The van der Waals surface area contributed by atoms with Crippen molar-refractivity contribution in [3.05, 3.63) is 108 Å². The third-order valence-electron chi connectivity index (χ3n) is 6.24. The van der Waals surface area contributed by atoms with Crippen LogP contribution in [-0.2, 0) is 18.9 Å². The standard InChI is InChI=1S/C29H30N2O7/c1-35-25-23(31-27(33)20-14-8-4-9-15-20)29(36-2)37-22(18-30-26(32)19-12-6-3-7-13-19)24(25)38-28(34)21-16-10-5-11-17-21/h3-17,22-25,29H,18H2,1-2H3,(H,30,32)(H,31,33)/t22-,23+,24-,25+,29-/m0/s1. The number of amides is 2. The van der Waals surface area contributed by atoms with Crippen LogP contribution >= 0.6 is 0 Å². The fourth-order valence-corrected chi connectivity index (χ4v) is 4.32. The Morgan fingerprint density at radius 2 is 1.24 bits per heavy atom. The second-order valence-corrected chi connectivity index (χ2v) is 8.66. The van der Waals surface area contributed by atoms with Gasteiger partial charge in [-0.15, -0.1) is 0 Å². The lowest BCUT2D eigenvalue weighted by atomic mass is 9.95. The van der Waals surface area contributed by atoms with Crippen molar-refractivity contribution in [3.8, 4) is 0 Å². The minimum absolute atomic E-state index is 0.000461. The molecule has 9 nitrogen and oxygen atoms in total. The van der Waals surface area contributed by atoms with E-state index >= 15 is 0 Å². The van der Waals surface area contributed by atoms with E-state index in [-0.39, 0.29) is 18.4 Å². The van der Waals surface area contributed by atoms with Crippen LogP contribution in [0.25, 0.3) is 0 Å². The monoisotopic (exact) mass is 518 g/mol. The Kier molecular flexibility index (Phi) is 9.21. The minimum atomic E-state index is -0.990. The molecule has 1 aliphatic heterocycles. The number of methoxy groups -OCH3 is 2. The van der Waals surface area contributed by atoms with E-state index in [2.05, 4.69) is 10.6 Å². The predicted molar refractivity (Wildman–Crippen MR) is 139 cm³/mol. The second-order valence-electron chi connectivity index (χ2n) is 8.66. The van der Waals surface area contributed by atoms with Gasteiger partial charge in [-0.25, -0.2) is 4.79 Å². The van der Waals surface area contributed by atoms with Crippen LogP contribution in [-0.4, -0.2) is 69.2 Å². The van der Waals surface area contributed by atoms with Gasteiger partial charge in [0.2, 0.25) is 0 Å². The van der Waals surface area contributed by atoms with Gasteiger partial charge in [0.25, 0.3) is 11.8 Å². The fourth-order valence-electron chi connectivity index (χ4n) is 4.32. The lowest BCUT2D eigenvalue weighted by Crippen LogP contribution is -2.66. The molecule has 0 bridgehead atoms. The third-order valence-corrected chi connectivity index (χ3v) is 6.24. The summed E-state index contributed by atoms with van der Waals surface area (Å²) in [6.45, 7) is -0.000461. The highest BCUT2D eigenvalue weighted by molar-refractivity contribution is 5.95. The number of nitrogens with one attached hydrogen (secondary N) is 2. The highest BCUT2D eigenvalue weighted by Gasteiger charge is 2.49. The number of ether oxygens (including phenoxy) is 4. The average Bonchev–Trinajstić information content (AvgIpc) is 2.97. The van der Waals surface area contributed by atoms with Gasteiger partial charge in [0, 0.05) is 31.9 Å². The Bertz CT molecular complexity index is 1210. The van der Waals surface area contributed by atoms with Crippen molar-refractivity contribution in [2.24, 2.45) is 0 Å². The lowest BCUT2D eigenvalue weighted by molar-refractivity contribution is -0.257. The lowest BCUT2D eigenvalue weighted by Gasteiger charge is -2.45. The highest BCUT2D eigenvalue weighted by atomic mass is 16.7. The Balaban J connectivity index is 1.58. The van der Waals surface area contributed by atoms with Gasteiger partial charge in [0.05, 0.1) is 5.56 Å². The maximum absolute atomic E-state index is 13.0. The van der Waals surface area contributed by atoms with Crippen molar-refractivity contribution in [2.45, 2.75) is 30.6 Å². The maximum atomic E-state index is 13.0. The van der Waals surface area contributed by atoms with Crippen LogP contribution in [0.5, 0.6) is 0 Å². The van der Waals surface area contributed by atoms with Gasteiger partial charge in [0.15, 0.2) is 12.4 Å². The van der Waals surface area contributed by atoms with E-state index in [0.29, 0.717) is 16.7 Å². The molecule has 2 amide bonds. The maximum Gasteiger partial charge on any atom is 0.338 e. The van der Waals surface area contributed by atoms with Crippen LogP contribution in [0.15, 0.2) is 91.0 Å². The van der Waals surface area contributed by atoms with Crippen molar-refractivity contribution in [1.29, 1.82) is 0 Å². The molecule has 2 N–H and O–H groups in total. The zero-order chi connectivity index (χ0) is 26.9. The summed E-state index contributed by atoms with van der Waals surface area (Å²) in [5.41, 5.74) is 1.25. The van der Waals surface area contributed by atoms with Crippen molar-refractivity contribution in [2.75, 3.05) is 20.8 Å². The molecule has 9 heteroatoms. The normalized spacial score (nSPS) is 22.7. The Labute approximate surface area is 221 Å². The molecule has 0 radical (unpaired) electrons. The zero-order valence-corrected chi connectivity index (χ0v) is 21.1. The summed E-state index contributed by atoms with van der Waals surface area (Å²) in [5, 5.41) is 5.73. The molecule has 1 fully saturated rings. The van der Waals surface area contributed by atoms with Gasteiger partial charge >= 0.3 is 5.97 Å². The molecule has 38 heavy (non-hydrogen) atoms. The molecule has 5 atom stereocenters. The van der Waals surface area contributed by atoms with Crippen molar-refractivity contribution < 1.29 is 33.3 Å². The molecule has 0 aromatic heterocycles. The van der Waals surface area contributed by atoms with E-state index in [1.165, 1.54) is 14.2 Å². The first-order valence-electron chi connectivity index (χ1n) is 12.2. The number of esters is 1. The summed E-state index contributed by atoms with van der Waals surface area (Å²) in [4.78, 5) is 38.8. The second kappa shape index (κ2) is 13.0. The zero-order valence-electron chi connectivity index (χ0n) is 21.1. The number of rotatable bonds is 9. The SMILES string of the molecule is CO[C@H]1O[C@@H](CNC(=O)c2ccccc2)[C@H](OC(=O)c2ccccc2)[C@H](OC)[C@H]1NC(=O)c1ccccc1. The van der Waals surface area contributed by atoms with Gasteiger partial charge in [-0.05, 0) is 36.4 Å². The Hall–Kier alpha value is -4.05. The van der Waals surface area contributed by atoms with E-state index in [9.17, 15) is 14.4 Å². The largest absolute Gasteiger partial charge is 0.453 e. The summed E-state index contributed by atoms with van der Waals surface area (Å²) in [7, 11) is 2.89. The number of hydrogen-bond donors (Lipinski definition) is 2. The quantitative estimate of drug-likeness (QED) is 0.419. The third kappa shape index (κ3) is 6.44. The first-order chi connectivity index (χ1) is 18.5. The first kappa shape index (κ1) is 27.0. The average molecular weight is 519 g/mol. The molecule has 0 unspecified atom stereocenters. The topological polar surface area (TPSA) is 112 Å². The van der Waals surface area contributed by atoms with E-state index in [1.54, 1.807) is 78.9 Å². The van der Waals surface area contributed by atoms with Crippen LogP contribution < -0.4 is 10.6 Å². The molecule has 198 valence electrons. The Morgan fingerprint density at radius 3 is 1.76 bits per heavy atom. The first-order valence-corrected chi connectivity index (χ1v) is 12.2. The minimum Gasteiger partial charge on any atom is -0.453 e. The van der Waals surface area contributed by atoms with Crippen LogP contribution in [0.2, 0.25) is 0 Å². The molecular formula is C29H30N2O7. The van der Waals surface area contributed by atoms with Gasteiger partial charge in [-0.1, -0.05) is 54.6 Å². The summed E-state index contributed by atoms with van der Waals surface area (Å²) in [6, 6.07) is 25.1. The fraction of sp³-hybridized carbons (Fsp3) is 0.276. The van der Waals surface area contributed by atoms with Crippen LogP contribution in [0, 0.1) is 0 Å². The van der Waals surface area contributed by atoms with E-state index in [1.807, 2.05) is 12.1 Å². The number of carbonyl (C=O) groups excluding carboxylic acids is 3. The van der Waals surface area contributed by atoms with E-state index in [0.717, 1.165) is 0 Å². The Morgan fingerprint density at radius 1 is 0.711 bits per heavy atom. The molecule has 0 saturated carbocycles. The van der Waals surface area contributed by atoms with Crippen molar-refractivity contribution in [1.82, 2.24) is 10.6 Å². The highest BCUT2D eigenvalue weighted by Crippen LogP contribution is 2.27. The molecule has 1 saturated heterocycles. The van der Waals surface area contributed by atoms with Crippen molar-refractivity contribution >= 4 is 17.8 Å². The molecule has 1 aliphatic rings. The summed E-state index contributed by atoms with van der Waals surface area (Å²) >= 11 is 0. The number of benzene rings is 3. The summed E-state index contributed by atoms with van der Waals surface area (Å²) in [5.74, 6) is -1.28. The van der Waals surface area contributed by atoms with Gasteiger partial charge in [0.1, 0.15) is 18.2 Å². The van der Waals surface area contributed by atoms with Crippen molar-refractivity contribution in [3.63, 3.8) is 0 Å². The predicted octanol–water partition coefficient (Wildman–Crippen LogP) is 2.83. The summed E-state index contributed by atoms with van der Waals surface area (Å²) < 4.78 is 23.4. The summed E-state index contributed by atoms with van der Waals surface area (Å²) in [6.07, 6.45) is -3.63. The van der Waals surface area contributed by atoms with Gasteiger partial charge < -0.3 is 29.6 Å². The van der Waals surface area contributed by atoms with Crippen LogP contribution in [0.1, 0.15) is 31.1 Å². The molecule has 3 aromatic carbocycles. The van der Waals surface area contributed by atoms with E-state index < -0.39 is 36.6 Å². The molecule has 4 rings (SSSR count).